The molecule has 0 aliphatic heterocycles. The summed E-state index contributed by atoms with van der Waals surface area (Å²) in [6.07, 6.45) is 0.630. The predicted octanol–water partition coefficient (Wildman–Crippen LogP) is 3.76. The van der Waals surface area contributed by atoms with Gasteiger partial charge in [0, 0.05) is 17.1 Å². The summed E-state index contributed by atoms with van der Waals surface area (Å²) in [7, 11) is 0. The van der Waals surface area contributed by atoms with Crippen LogP contribution in [0.4, 0.5) is 0 Å². The topological polar surface area (TPSA) is 61.3 Å². The molecule has 0 saturated carbocycles. The van der Waals surface area contributed by atoms with Crippen molar-refractivity contribution in [2.75, 3.05) is 0 Å². The van der Waals surface area contributed by atoms with Crippen LogP contribution in [0.3, 0.4) is 0 Å². The molecular formula is C14H16Cl2N2O2. The van der Waals surface area contributed by atoms with Gasteiger partial charge in [-0.25, -0.2) is 0 Å². The van der Waals surface area contributed by atoms with E-state index in [0.717, 1.165) is 11.3 Å². The van der Waals surface area contributed by atoms with Gasteiger partial charge in [-0.05, 0) is 38.0 Å². The van der Waals surface area contributed by atoms with Gasteiger partial charge in [0.25, 0.3) is 0 Å². The summed E-state index contributed by atoms with van der Waals surface area (Å²) < 4.78 is 10.8. The lowest BCUT2D eigenvalue weighted by atomic mass is 10.1. The van der Waals surface area contributed by atoms with Gasteiger partial charge < -0.3 is 15.0 Å². The SMILES string of the molecule is Cc1cc(COc2c(Cl)cc(Cl)cc2CC(C)N)on1. The molecule has 0 aliphatic carbocycles. The third kappa shape index (κ3) is 3.88. The van der Waals surface area contributed by atoms with Gasteiger partial charge in [-0.2, -0.15) is 0 Å². The van der Waals surface area contributed by atoms with Crippen molar-refractivity contribution < 1.29 is 9.26 Å². The zero-order valence-electron chi connectivity index (χ0n) is 11.3. The van der Waals surface area contributed by atoms with Crippen molar-refractivity contribution >= 4 is 23.2 Å². The molecule has 1 aromatic heterocycles. The Kier molecular flexibility index (Phi) is 4.91. The number of benzene rings is 1. The molecule has 0 radical (unpaired) electrons. The molecule has 0 saturated heterocycles. The van der Waals surface area contributed by atoms with Crippen molar-refractivity contribution in [3.63, 3.8) is 0 Å². The molecule has 0 bridgehead atoms. The van der Waals surface area contributed by atoms with Crippen LogP contribution in [0.25, 0.3) is 0 Å². The largest absolute Gasteiger partial charge is 0.484 e. The Morgan fingerprint density at radius 2 is 2.10 bits per heavy atom. The zero-order valence-corrected chi connectivity index (χ0v) is 12.8. The van der Waals surface area contributed by atoms with E-state index in [1.807, 2.05) is 26.0 Å². The monoisotopic (exact) mass is 314 g/mol. The Hall–Kier alpha value is -1.23. The molecule has 1 aromatic carbocycles. The van der Waals surface area contributed by atoms with Gasteiger partial charge in [-0.3, -0.25) is 0 Å². The standard InChI is InChI=1S/C14H16Cl2N2O2/c1-8(17)3-10-5-11(15)6-13(16)14(10)19-7-12-4-9(2)18-20-12/h4-6,8H,3,7,17H2,1-2H3. The van der Waals surface area contributed by atoms with Crippen LogP contribution in [-0.2, 0) is 13.0 Å². The summed E-state index contributed by atoms with van der Waals surface area (Å²) in [4.78, 5) is 0. The van der Waals surface area contributed by atoms with Crippen LogP contribution in [0.5, 0.6) is 5.75 Å². The molecule has 0 fully saturated rings. The molecule has 108 valence electrons. The average molecular weight is 315 g/mol. The second-order valence-corrected chi connectivity index (χ2v) is 5.62. The van der Waals surface area contributed by atoms with Crippen molar-refractivity contribution in [3.8, 4) is 5.75 Å². The van der Waals surface area contributed by atoms with Gasteiger partial charge in [0.2, 0.25) is 0 Å². The van der Waals surface area contributed by atoms with Crippen LogP contribution in [0.2, 0.25) is 10.0 Å². The molecule has 2 rings (SSSR count). The Labute approximate surface area is 127 Å². The van der Waals surface area contributed by atoms with E-state index in [4.69, 9.17) is 38.2 Å². The van der Waals surface area contributed by atoms with Crippen LogP contribution in [0.15, 0.2) is 22.7 Å². The van der Waals surface area contributed by atoms with E-state index in [0.29, 0.717) is 28.0 Å². The van der Waals surface area contributed by atoms with E-state index in [-0.39, 0.29) is 12.6 Å². The van der Waals surface area contributed by atoms with E-state index in [1.54, 1.807) is 6.07 Å². The summed E-state index contributed by atoms with van der Waals surface area (Å²) >= 11 is 12.2. The van der Waals surface area contributed by atoms with E-state index >= 15 is 0 Å². The summed E-state index contributed by atoms with van der Waals surface area (Å²) in [5.74, 6) is 1.22. The van der Waals surface area contributed by atoms with Crippen molar-refractivity contribution in [2.24, 2.45) is 5.73 Å². The van der Waals surface area contributed by atoms with Gasteiger partial charge in [-0.15, -0.1) is 0 Å². The van der Waals surface area contributed by atoms with E-state index < -0.39 is 0 Å². The number of ether oxygens (including phenoxy) is 1. The highest BCUT2D eigenvalue weighted by Crippen LogP contribution is 2.33. The van der Waals surface area contributed by atoms with E-state index in [2.05, 4.69) is 5.16 Å². The normalized spacial score (nSPS) is 12.4. The highest BCUT2D eigenvalue weighted by Gasteiger charge is 2.13. The maximum absolute atomic E-state index is 6.19. The maximum atomic E-state index is 6.19. The predicted molar refractivity (Wildman–Crippen MR) is 79.4 cm³/mol. The molecule has 1 unspecified atom stereocenters. The number of hydrogen-bond acceptors (Lipinski definition) is 4. The summed E-state index contributed by atoms with van der Waals surface area (Å²) in [5, 5.41) is 4.83. The second kappa shape index (κ2) is 6.48. The number of halogens is 2. The first-order valence-corrected chi connectivity index (χ1v) is 7.00. The number of rotatable bonds is 5. The zero-order chi connectivity index (χ0) is 14.7. The molecule has 4 nitrogen and oxygen atoms in total. The Morgan fingerprint density at radius 1 is 1.35 bits per heavy atom. The van der Waals surface area contributed by atoms with Crippen molar-refractivity contribution in [2.45, 2.75) is 32.9 Å². The number of aryl methyl sites for hydroxylation is 1. The lowest BCUT2D eigenvalue weighted by Crippen LogP contribution is -2.18. The minimum atomic E-state index is -0.0144. The first kappa shape index (κ1) is 15.2. The molecular weight excluding hydrogens is 299 g/mol. The maximum Gasteiger partial charge on any atom is 0.174 e. The Morgan fingerprint density at radius 3 is 2.70 bits per heavy atom. The van der Waals surface area contributed by atoms with Crippen LogP contribution in [-0.4, -0.2) is 11.2 Å². The third-order valence-electron chi connectivity index (χ3n) is 2.66. The minimum absolute atomic E-state index is 0.0144. The first-order valence-electron chi connectivity index (χ1n) is 6.24. The molecule has 1 heterocycles. The van der Waals surface area contributed by atoms with Crippen molar-refractivity contribution in [3.05, 3.63) is 45.3 Å². The fourth-order valence-corrected chi connectivity index (χ4v) is 2.49. The quantitative estimate of drug-likeness (QED) is 0.912. The van der Waals surface area contributed by atoms with Crippen molar-refractivity contribution in [1.29, 1.82) is 0 Å². The minimum Gasteiger partial charge on any atom is -0.484 e. The third-order valence-corrected chi connectivity index (χ3v) is 3.16. The lowest BCUT2D eigenvalue weighted by Gasteiger charge is -2.14. The number of hydrogen-bond donors (Lipinski definition) is 1. The fraction of sp³-hybridized carbons (Fsp3) is 0.357. The van der Waals surface area contributed by atoms with Crippen LogP contribution < -0.4 is 10.5 Å². The molecule has 0 spiro atoms. The van der Waals surface area contributed by atoms with E-state index in [1.165, 1.54) is 0 Å². The molecule has 0 amide bonds. The van der Waals surface area contributed by atoms with Crippen LogP contribution in [0.1, 0.15) is 23.9 Å². The van der Waals surface area contributed by atoms with Gasteiger partial charge >= 0.3 is 0 Å². The van der Waals surface area contributed by atoms with Gasteiger partial charge in [0.05, 0.1) is 10.7 Å². The highest BCUT2D eigenvalue weighted by molar-refractivity contribution is 6.35. The number of nitrogens with zero attached hydrogens (tertiary/aromatic N) is 1. The second-order valence-electron chi connectivity index (χ2n) is 4.78. The molecule has 6 heteroatoms. The van der Waals surface area contributed by atoms with Crippen LogP contribution in [0, 0.1) is 6.92 Å². The smallest absolute Gasteiger partial charge is 0.174 e. The molecule has 2 aromatic rings. The lowest BCUT2D eigenvalue weighted by molar-refractivity contribution is 0.247. The Bertz CT molecular complexity index is 597. The molecule has 0 aliphatic rings. The highest BCUT2D eigenvalue weighted by atomic mass is 35.5. The van der Waals surface area contributed by atoms with E-state index in [9.17, 15) is 0 Å². The van der Waals surface area contributed by atoms with Gasteiger partial charge in [0.15, 0.2) is 5.76 Å². The molecule has 20 heavy (non-hydrogen) atoms. The number of nitrogens with two attached hydrogens (primary N) is 1. The van der Waals surface area contributed by atoms with Crippen LogP contribution >= 0.6 is 23.2 Å². The number of aromatic nitrogens is 1. The van der Waals surface area contributed by atoms with Gasteiger partial charge in [-0.1, -0.05) is 28.4 Å². The summed E-state index contributed by atoms with van der Waals surface area (Å²) in [6, 6.07) is 5.26. The fourth-order valence-electron chi connectivity index (χ4n) is 1.90. The van der Waals surface area contributed by atoms with Gasteiger partial charge in [0.1, 0.15) is 12.4 Å². The summed E-state index contributed by atoms with van der Waals surface area (Å²) in [6.45, 7) is 4.02. The molecule has 1 atom stereocenters. The Balaban J connectivity index is 2.20. The molecule has 2 N–H and O–H groups in total. The first-order chi connectivity index (χ1) is 9.45. The average Bonchev–Trinajstić information content (AvgIpc) is 2.73. The summed E-state index contributed by atoms with van der Waals surface area (Å²) in [5.41, 5.74) is 7.52. The van der Waals surface area contributed by atoms with Crippen molar-refractivity contribution in [1.82, 2.24) is 5.16 Å².